The van der Waals surface area contributed by atoms with Crippen LogP contribution in [0.5, 0.6) is 0 Å². The summed E-state index contributed by atoms with van der Waals surface area (Å²) in [6.45, 7) is 4.72. The first-order chi connectivity index (χ1) is 10.7. The molecule has 0 aliphatic heterocycles. The maximum Gasteiger partial charge on any atom is 0.155 e. The fourth-order valence-corrected chi connectivity index (χ4v) is 4.90. The van der Waals surface area contributed by atoms with Crippen molar-refractivity contribution in [3.63, 3.8) is 0 Å². The van der Waals surface area contributed by atoms with Gasteiger partial charge in [0.05, 0.1) is 6.10 Å². The molecule has 0 aromatic heterocycles. The van der Waals surface area contributed by atoms with Crippen molar-refractivity contribution in [3.8, 4) is 0 Å². The minimum atomic E-state index is -0.101. The van der Waals surface area contributed by atoms with Crippen LogP contribution in [0.25, 0.3) is 0 Å². The molecule has 22 heavy (non-hydrogen) atoms. The van der Waals surface area contributed by atoms with Crippen molar-refractivity contribution in [1.82, 2.24) is 0 Å². The van der Waals surface area contributed by atoms with E-state index >= 15 is 0 Å². The summed E-state index contributed by atoms with van der Waals surface area (Å²) in [5.74, 6) is 3.19. The standard InChI is InChI=1S/C19H33IO2/c1-3-21-15(2)22-19(12-13-20)7-5-4-6-17-10-8-16-9-11-18(17)14-16/h12-13,15-19H,3-11,14H2,1-2H3. The van der Waals surface area contributed by atoms with Crippen molar-refractivity contribution in [2.45, 2.75) is 84.0 Å². The summed E-state index contributed by atoms with van der Waals surface area (Å²) in [6.07, 6.45) is 15.1. The van der Waals surface area contributed by atoms with Crippen molar-refractivity contribution in [2.24, 2.45) is 17.8 Å². The predicted molar refractivity (Wildman–Crippen MR) is 101 cm³/mol. The molecule has 5 atom stereocenters. The third kappa shape index (κ3) is 6.12. The smallest absolute Gasteiger partial charge is 0.155 e. The monoisotopic (exact) mass is 420 g/mol. The van der Waals surface area contributed by atoms with E-state index in [1.54, 1.807) is 6.42 Å². The first-order valence-electron chi connectivity index (χ1n) is 9.26. The highest BCUT2D eigenvalue weighted by Gasteiger charge is 2.34. The van der Waals surface area contributed by atoms with Crippen molar-refractivity contribution >= 4 is 22.6 Å². The van der Waals surface area contributed by atoms with Gasteiger partial charge in [-0.15, -0.1) is 0 Å². The third-order valence-electron chi connectivity index (χ3n) is 5.56. The predicted octanol–water partition coefficient (Wildman–Crippen LogP) is 6.09. The maximum atomic E-state index is 5.96. The minimum Gasteiger partial charge on any atom is -0.353 e. The summed E-state index contributed by atoms with van der Waals surface area (Å²) < 4.78 is 13.5. The molecule has 0 saturated heterocycles. The fraction of sp³-hybridized carbons (Fsp3) is 0.895. The number of halogens is 1. The second-order valence-electron chi connectivity index (χ2n) is 7.08. The molecule has 2 nitrogen and oxygen atoms in total. The van der Waals surface area contributed by atoms with Gasteiger partial charge in [0.1, 0.15) is 0 Å². The second kappa shape index (κ2) is 10.3. The molecule has 2 bridgehead atoms. The van der Waals surface area contributed by atoms with Crippen LogP contribution in [0, 0.1) is 17.8 Å². The van der Waals surface area contributed by atoms with Crippen LogP contribution in [0.3, 0.4) is 0 Å². The molecular formula is C19H33IO2. The van der Waals surface area contributed by atoms with Gasteiger partial charge in [0.15, 0.2) is 6.29 Å². The summed E-state index contributed by atoms with van der Waals surface area (Å²) in [7, 11) is 0. The first kappa shape index (κ1) is 18.7. The Kier molecular flexibility index (Phi) is 8.76. The average molecular weight is 420 g/mol. The highest BCUT2D eigenvalue weighted by atomic mass is 127. The average Bonchev–Trinajstić information content (AvgIpc) is 2.88. The number of hydrogen-bond acceptors (Lipinski definition) is 2. The molecule has 5 unspecified atom stereocenters. The summed E-state index contributed by atoms with van der Waals surface area (Å²) >= 11 is 2.28. The third-order valence-corrected chi connectivity index (χ3v) is 5.98. The van der Waals surface area contributed by atoms with Gasteiger partial charge in [0.2, 0.25) is 0 Å². The van der Waals surface area contributed by atoms with Crippen LogP contribution in [-0.4, -0.2) is 19.0 Å². The van der Waals surface area contributed by atoms with Gasteiger partial charge in [0, 0.05) is 6.61 Å². The van der Waals surface area contributed by atoms with Crippen LogP contribution in [0.2, 0.25) is 0 Å². The molecule has 2 fully saturated rings. The Balaban J connectivity index is 1.62. The van der Waals surface area contributed by atoms with Crippen LogP contribution < -0.4 is 0 Å². The van der Waals surface area contributed by atoms with Crippen molar-refractivity contribution in [2.75, 3.05) is 6.61 Å². The Morgan fingerprint density at radius 3 is 2.77 bits per heavy atom. The van der Waals surface area contributed by atoms with E-state index in [1.807, 2.05) is 13.8 Å². The quantitative estimate of drug-likeness (QED) is 0.242. The lowest BCUT2D eigenvalue weighted by molar-refractivity contribution is -0.147. The van der Waals surface area contributed by atoms with Gasteiger partial charge in [-0.3, -0.25) is 0 Å². The summed E-state index contributed by atoms with van der Waals surface area (Å²) in [5.41, 5.74) is 0. The maximum absolute atomic E-state index is 5.96. The zero-order chi connectivity index (χ0) is 15.8. The molecule has 0 amide bonds. The lowest BCUT2D eigenvalue weighted by Crippen LogP contribution is -2.21. The number of ether oxygens (including phenoxy) is 2. The van der Waals surface area contributed by atoms with Crippen molar-refractivity contribution < 1.29 is 9.47 Å². The molecule has 128 valence electrons. The highest BCUT2D eigenvalue weighted by molar-refractivity contribution is 14.1. The summed E-state index contributed by atoms with van der Waals surface area (Å²) in [5, 5.41) is 0. The Morgan fingerprint density at radius 1 is 1.18 bits per heavy atom. The van der Waals surface area contributed by atoms with Gasteiger partial charge >= 0.3 is 0 Å². The van der Waals surface area contributed by atoms with E-state index in [9.17, 15) is 0 Å². The number of fused-ring (bicyclic) bond motifs is 2. The van der Waals surface area contributed by atoms with E-state index in [2.05, 4.69) is 32.7 Å². The summed E-state index contributed by atoms with van der Waals surface area (Å²) in [4.78, 5) is 0. The van der Waals surface area contributed by atoms with Crippen LogP contribution >= 0.6 is 22.6 Å². The van der Waals surface area contributed by atoms with Gasteiger partial charge < -0.3 is 9.47 Å². The SMILES string of the molecule is CCOC(C)OC(C=CI)CCCCC1CCC2CCC1C2. The van der Waals surface area contributed by atoms with Gasteiger partial charge in [-0.1, -0.05) is 54.7 Å². The van der Waals surface area contributed by atoms with E-state index < -0.39 is 0 Å². The van der Waals surface area contributed by atoms with E-state index in [1.165, 1.54) is 44.9 Å². The van der Waals surface area contributed by atoms with E-state index in [4.69, 9.17) is 9.47 Å². The lowest BCUT2D eigenvalue weighted by atomic mass is 9.77. The number of unbranched alkanes of at least 4 members (excludes halogenated alkanes) is 1. The van der Waals surface area contributed by atoms with Gasteiger partial charge in [-0.25, -0.2) is 0 Å². The molecule has 0 N–H and O–H groups in total. The van der Waals surface area contributed by atoms with Crippen molar-refractivity contribution in [3.05, 3.63) is 10.2 Å². The van der Waals surface area contributed by atoms with Crippen LogP contribution in [0.15, 0.2) is 10.2 Å². The second-order valence-corrected chi connectivity index (χ2v) is 7.80. The van der Waals surface area contributed by atoms with Gasteiger partial charge in [-0.2, -0.15) is 0 Å². The topological polar surface area (TPSA) is 18.5 Å². The number of rotatable bonds is 10. The molecule has 2 saturated carbocycles. The zero-order valence-corrected chi connectivity index (χ0v) is 16.5. The molecule has 3 heteroatoms. The molecule has 2 aliphatic carbocycles. The molecule has 2 aliphatic rings. The van der Waals surface area contributed by atoms with E-state index in [0.717, 1.165) is 24.2 Å². The van der Waals surface area contributed by atoms with Crippen LogP contribution in [0.4, 0.5) is 0 Å². The Morgan fingerprint density at radius 2 is 2.00 bits per heavy atom. The van der Waals surface area contributed by atoms with Crippen LogP contribution in [-0.2, 0) is 9.47 Å². The largest absolute Gasteiger partial charge is 0.353 e. The van der Waals surface area contributed by atoms with Gasteiger partial charge in [0.25, 0.3) is 0 Å². The molecule has 0 heterocycles. The first-order valence-corrected chi connectivity index (χ1v) is 10.5. The Bertz CT molecular complexity index is 331. The normalized spacial score (nSPS) is 30.8. The van der Waals surface area contributed by atoms with Gasteiger partial charge in [-0.05, 0) is 67.4 Å². The molecule has 0 aromatic rings. The molecule has 0 radical (unpaired) electrons. The number of hydrogen-bond donors (Lipinski definition) is 0. The van der Waals surface area contributed by atoms with E-state index in [-0.39, 0.29) is 12.4 Å². The van der Waals surface area contributed by atoms with Crippen molar-refractivity contribution in [1.29, 1.82) is 0 Å². The Hall–Kier alpha value is 0.390. The molecular weight excluding hydrogens is 387 g/mol. The molecule has 0 aromatic carbocycles. The fourth-order valence-electron chi connectivity index (χ4n) is 4.43. The highest BCUT2D eigenvalue weighted by Crippen LogP contribution is 2.46. The molecule has 2 rings (SSSR count). The minimum absolute atomic E-state index is 0.101. The Labute approximate surface area is 150 Å². The lowest BCUT2D eigenvalue weighted by Gasteiger charge is -2.29. The molecule has 0 spiro atoms. The zero-order valence-electron chi connectivity index (χ0n) is 14.3. The van der Waals surface area contributed by atoms with Crippen LogP contribution in [0.1, 0.15) is 71.6 Å². The summed E-state index contributed by atoms with van der Waals surface area (Å²) in [6, 6.07) is 0. The van der Waals surface area contributed by atoms with E-state index in [0.29, 0.717) is 6.61 Å².